The highest BCUT2D eigenvalue weighted by Crippen LogP contribution is 2.37. The van der Waals surface area contributed by atoms with E-state index in [9.17, 15) is 9.59 Å². The van der Waals surface area contributed by atoms with Gasteiger partial charge in [0.05, 0.1) is 7.11 Å². The van der Waals surface area contributed by atoms with Gasteiger partial charge in [0, 0.05) is 18.4 Å². The van der Waals surface area contributed by atoms with Crippen molar-refractivity contribution < 1.29 is 14.3 Å². The molecular weight excluding hydrogens is 230 g/mol. The van der Waals surface area contributed by atoms with Crippen LogP contribution in [0.2, 0.25) is 0 Å². The summed E-state index contributed by atoms with van der Waals surface area (Å²) in [7, 11) is 1.41. The zero-order valence-electron chi connectivity index (χ0n) is 11.6. The van der Waals surface area contributed by atoms with Crippen LogP contribution in [-0.4, -0.2) is 25.5 Å². The van der Waals surface area contributed by atoms with Gasteiger partial charge in [-0.1, -0.05) is 26.2 Å². The first-order valence-corrected chi connectivity index (χ1v) is 6.93. The highest BCUT2D eigenvalue weighted by molar-refractivity contribution is 5.82. The lowest BCUT2D eigenvalue weighted by molar-refractivity contribution is -0.140. The molecule has 0 bridgehead atoms. The summed E-state index contributed by atoms with van der Waals surface area (Å²) in [6.07, 6.45) is 7.56. The first-order chi connectivity index (χ1) is 8.58. The Balaban J connectivity index is 2.04. The maximum absolute atomic E-state index is 12.0. The molecule has 0 aromatic carbocycles. The van der Waals surface area contributed by atoms with Crippen LogP contribution in [0.5, 0.6) is 0 Å². The summed E-state index contributed by atoms with van der Waals surface area (Å²) < 4.78 is 4.57. The molecule has 4 nitrogen and oxygen atoms in total. The second-order valence-corrected chi connectivity index (χ2v) is 5.41. The molecule has 18 heavy (non-hydrogen) atoms. The summed E-state index contributed by atoms with van der Waals surface area (Å²) in [6, 6.07) is 0. The molecule has 0 spiro atoms. The van der Waals surface area contributed by atoms with Gasteiger partial charge in [-0.3, -0.25) is 9.59 Å². The number of unbranched alkanes of at least 4 members (excludes halogenated alkanes) is 2. The van der Waals surface area contributed by atoms with Crippen LogP contribution in [0.15, 0.2) is 0 Å². The number of carbonyl (C=O) groups is 2. The van der Waals surface area contributed by atoms with Crippen molar-refractivity contribution in [3.8, 4) is 0 Å². The second kappa shape index (κ2) is 7.39. The fourth-order valence-electron chi connectivity index (χ4n) is 2.47. The van der Waals surface area contributed by atoms with Crippen LogP contribution in [0.3, 0.4) is 0 Å². The SMILES string of the molecule is COC(=O)CCCCCNC(=O)C1(C)CCCC1. The molecule has 1 saturated carbocycles. The molecule has 1 fully saturated rings. The number of carbonyl (C=O) groups excluding carboxylic acids is 2. The smallest absolute Gasteiger partial charge is 0.305 e. The monoisotopic (exact) mass is 255 g/mol. The normalized spacial score (nSPS) is 17.4. The number of amides is 1. The number of hydrogen-bond acceptors (Lipinski definition) is 3. The molecule has 0 saturated heterocycles. The third-order valence-corrected chi connectivity index (χ3v) is 3.83. The summed E-state index contributed by atoms with van der Waals surface area (Å²) in [5, 5.41) is 3.01. The van der Waals surface area contributed by atoms with Gasteiger partial charge in [-0.15, -0.1) is 0 Å². The lowest BCUT2D eigenvalue weighted by Crippen LogP contribution is -2.37. The third-order valence-electron chi connectivity index (χ3n) is 3.83. The van der Waals surface area contributed by atoms with Crippen molar-refractivity contribution >= 4 is 11.9 Å². The summed E-state index contributed by atoms with van der Waals surface area (Å²) >= 11 is 0. The molecule has 1 N–H and O–H groups in total. The van der Waals surface area contributed by atoms with Crippen molar-refractivity contribution in [1.82, 2.24) is 5.32 Å². The first kappa shape index (κ1) is 15.0. The number of nitrogens with one attached hydrogen (secondary N) is 1. The summed E-state index contributed by atoms with van der Waals surface area (Å²) in [4.78, 5) is 22.8. The highest BCUT2D eigenvalue weighted by atomic mass is 16.5. The maximum Gasteiger partial charge on any atom is 0.305 e. The predicted octanol–water partition coefficient (Wildman–Crippen LogP) is 2.42. The predicted molar refractivity (Wildman–Crippen MR) is 70.1 cm³/mol. The van der Waals surface area contributed by atoms with Crippen molar-refractivity contribution in [2.45, 2.75) is 58.3 Å². The van der Waals surface area contributed by atoms with E-state index in [0.29, 0.717) is 6.42 Å². The Kier molecular flexibility index (Phi) is 6.16. The largest absolute Gasteiger partial charge is 0.469 e. The third kappa shape index (κ3) is 4.67. The lowest BCUT2D eigenvalue weighted by Gasteiger charge is -2.22. The standard InChI is InChI=1S/C14H25NO3/c1-14(9-5-6-10-14)13(17)15-11-7-3-4-8-12(16)18-2/h3-11H2,1-2H3,(H,15,17). The van der Waals surface area contributed by atoms with Gasteiger partial charge in [-0.25, -0.2) is 0 Å². The van der Waals surface area contributed by atoms with Crippen LogP contribution in [-0.2, 0) is 14.3 Å². The van der Waals surface area contributed by atoms with Gasteiger partial charge in [-0.05, 0) is 25.7 Å². The van der Waals surface area contributed by atoms with Crippen molar-refractivity contribution in [3.05, 3.63) is 0 Å². The number of rotatable bonds is 7. The first-order valence-electron chi connectivity index (χ1n) is 6.93. The maximum atomic E-state index is 12.0. The average molecular weight is 255 g/mol. The molecular formula is C14H25NO3. The topological polar surface area (TPSA) is 55.4 Å². The molecule has 0 atom stereocenters. The Morgan fingerprint density at radius 2 is 1.83 bits per heavy atom. The van der Waals surface area contributed by atoms with E-state index < -0.39 is 0 Å². The van der Waals surface area contributed by atoms with E-state index in [-0.39, 0.29) is 17.3 Å². The number of methoxy groups -OCH3 is 1. The summed E-state index contributed by atoms with van der Waals surface area (Å²) in [5.74, 6) is 0.0467. The van der Waals surface area contributed by atoms with Gasteiger partial charge < -0.3 is 10.1 Å². The minimum Gasteiger partial charge on any atom is -0.469 e. The van der Waals surface area contributed by atoms with Crippen molar-refractivity contribution in [1.29, 1.82) is 0 Å². The molecule has 1 aliphatic carbocycles. The quantitative estimate of drug-likeness (QED) is 0.561. The zero-order valence-corrected chi connectivity index (χ0v) is 11.6. The van der Waals surface area contributed by atoms with Crippen molar-refractivity contribution in [3.63, 3.8) is 0 Å². The minimum absolute atomic E-state index is 0.133. The molecule has 0 aliphatic heterocycles. The zero-order chi connectivity index (χ0) is 13.4. The van der Waals surface area contributed by atoms with Crippen LogP contribution in [0.25, 0.3) is 0 Å². The van der Waals surface area contributed by atoms with Gasteiger partial charge in [0.1, 0.15) is 0 Å². The van der Waals surface area contributed by atoms with Gasteiger partial charge in [0.2, 0.25) is 5.91 Å². The molecule has 0 aromatic heterocycles. The molecule has 0 heterocycles. The second-order valence-electron chi connectivity index (χ2n) is 5.41. The van der Waals surface area contributed by atoms with E-state index in [4.69, 9.17) is 0 Å². The van der Waals surface area contributed by atoms with E-state index in [1.54, 1.807) is 0 Å². The van der Waals surface area contributed by atoms with Gasteiger partial charge >= 0.3 is 5.97 Å². The van der Waals surface area contributed by atoms with E-state index in [0.717, 1.165) is 38.6 Å². The van der Waals surface area contributed by atoms with E-state index in [2.05, 4.69) is 17.0 Å². The lowest BCUT2D eigenvalue weighted by atomic mass is 9.88. The Labute approximate surface area is 109 Å². The fourth-order valence-corrected chi connectivity index (χ4v) is 2.47. The molecule has 0 radical (unpaired) electrons. The Bertz CT molecular complexity index is 283. The van der Waals surface area contributed by atoms with Crippen molar-refractivity contribution in [2.24, 2.45) is 5.41 Å². The van der Waals surface area contributed by atoms with E-state index in [1.165, 1.54) is 20.0 Å². The Hall–Kier alpha value is -1.06. The van der Waals surface area contributed by atoms with E-state index in [1.807, 2.05) is 0 Å². The molecule has 0 unspecified atom stereocenters. The summed E-state index contributed by atoms with van der Waals surface area (Å²) in [5.41, 5.74) is -0.133. The molecule has 104 valence electrons. The van der Waals surface area contributed by atoms with Crippen LogP contribution < -0.4 is 5.32 Å². The van der Waals surface area contributed by atoms with Crippen LogP contribution in [0, 0.1) is 5.41 Å². The highest BCUT2D eigenvalue weighted by Gasteiger charge is 2.35. The van der Waals surface area contributed by atoms with Crippen molar-refractivity contribution in [2.75, 3.05) is 13.7 Å². The molecule has 1 rings (SSSR count). The Morgan fingerprint density at radius 3 is 2.44 bits per heavy atom. The van der Waals surface area contributed by atoms with Gasteiger partial charge in [0.15, 0.2) is 0 Å². The van der Waals surface area contributed by atoms with Crippen LogP contribution >= 0.6 is 0 Å². The number of hydrogen-bond donors (Lipinski definition) is 1. The van der Waals surface area contributed by atoms with E-state index >= 15 is 0 Å². The minimum atomic E-state index is -0.155. The summed E-state index contributed by atoms with van der Waals surface area (Å²) in [6.45, 7) is 2.78. The Morgan fingerprint density at radius 1 is 1.17 bits per heavy atom. The fraction of sp³-hybridized carbons (Fsp3) is 0.857. The van der Waals surface area contributed by atoms with Gasteiger partial charge in [-0.2, -0.15) is 0 Å². The average Bonchev–Trinajstić information content (AvgIpc) is 2.81. The van der Waals surface area contributed by atoms with Crippen LogP contribution in [0.4, 0.5) is 0 Å². The molecule has 1 amide bonds. The van der Waals surface area contributed by atoms with Crippen LogP contribution in [0.1, 0.15) is 58.3 Å². The van der Waals surface area contributed by atoms with Gasteiger partial charge in [0.25, 0.3) is 0 Å². The number of ether oxygens (including phenoxy) is 1. The molecule has 4 heteroatoms. The molecule has 1 aliphatic rings. The number of esters is 1. The molecule has 0 aromatic rings.